The number of hydrogen-bond donors (Lipinski definition) is 0. The predicted octanol–water partition coefficient (Wildman–Crippen LogP) is 3.77. The largest absolute Gasteiger partial charge is 0.490 e. The van der Waals surface area contributed by atoms with Crippen LogP contribution in [0.1, 0.15) is 12.8 Å². The average molecular weight is 252 g/mol. The summed E-state index contributed by atoms with van der Waals surface area (Å²) >= 11 is 5.96. The fraction of sp³-hybridized carbons (Fsp3) is 0.308. The van der Waals surface area contributed by atoms with Crippen molar-refractivity contribution >= 4 is 22.4 Å². The summed E-state index contributed by atoms with van der Waals surface area (Å²) in [6.07, 6.45) is 2.86. The number of aromatic nitrogens is 1. The molecular weight excluding hydrogens is 241 g/mol. The van der Waals surface area contributed by atoms with E-state index in [1.54, 1.807) is 12.3 Å². The second kappa shape index (κ2) is 3.84. The first-order valence-electron chi connectivity index (χ1n) is 5.52. The zero-order chi connectivity index (χ0) is 11.9. The lowest BCUT2D eigenvalue weighted by atomic mass is 10.2. The molecule has 1 aliphatic rings. The molecule has 2 nitrogen and oxygen atoms in total. The number of ether oxygens (including phenoxy) is 1. The number of halogens is 2. The van der Waals surface area contributed by atoms with Crippen molar-refractivity contribution in [2.45, 2.75) is 18.5 Å². The van der Waals surface area contributed by atoms with E-state index >= 15 is 0 Å². The quantitative estimate of drug-likeness (QED) is 0.775. The molecule has 0 saturated heterocycles. The molecule has 4 heteroatoms. The lowest BCUT2D eigenvalue weighted by molar-refractivity contribution is 0.178. The van der Waals surface area contributed by atoms with Crippen LogP contribution < -0.4 is 4.74 Å². The van der Waals surface area contributed by atoms with E-state index < -0.39 is 5.67 Å². The van der Waals surface area contributed by atoms with Gasteiger partial charge in [-0.25, -0.2) is 9.37 Å². The van der Waals surface area contributed by atoms with E-state index in [9.17, 15) is 4.39 Å². The Bertz CT molecular complexity index is 568. The van der Waals surface area contributed by atoms with Crippen LogP contribution in [0.25, 0.3) is 10.8 Å². The van der Waals surface area contributed by atoms with E-state index in [1.165, 1.54) is 0 Å². The molecule has 0 spiro atoms. The summed E-state index contributed by atoms with van der Waals surface area (Å²) in [5.41, 5.74) is -1.09. The Morgan fingerprint density at radius 1 is 1.35 bits per heavy atom. The Kier molecular flexibility index (Phi) is 2.44. The zero-order valence-electron chi connectivity index (χ0n) is 9.12. The summed E-state index contributed by atoms with van der Waals surface area (Å²) in [6.45, 7) is 0.136. The average Bonchev–Trinajstić information content (AvgIpc) is 3.06. The van der Waals surface area contributed by atoms with Gasteiger partial charge in [0, 0.05) is 11.6 Å². The highest BCUT2D eigenvalue weighted by Gasteiger charge is 2.44. The van der Waals surface area contributed by atoms with Crippen LogP contribution in [0.5, 0.6) is 5.75 Å². The fourth-order valence-electron chi connectivity index (χ4n) is 1.70. The topological polar surface area (TPSA) is 22.1 Å². The fourth-order valence-corrected chi connectivity index (χ4v) is 1.93. The van der Waals surface area contributed by atoms with E-state index in [-0.39, 0.29) is 6.61 Å². The molecule has 1 fully saturated rings. The number of benzene rings is 1. The van der Waals surface area contributed by atoms with Gasteiger partial charge < -0.3 is 4.74 Å². The summed E-state index contributed by atoms with van der Waals surface area (Å²) in [5.74, 6) is 0.670. The minimum Gasteiger partial charge on any atom is -0.490 e. The van der Waals surface area contributed by atoms with Gasteiger partial charge in [-0.3, -0.25) is 0 Å². The van der Waals surface area contributed by atoms with Gasteiger partial charge in [-0.05, 0) is 42.5 Å². The molecule has 2 aromatic rings. The third-order valence-corrected chi connectivity index (χ3v) is 3.28. The maximum absolute atomic E-state index is 13.4. The monoisotopic (exact) mass is 251 g/mol. The van der Waals surface area contributed by atoms with Crippen molar-refractivity contribution in [2.75, 3.05) is 6.61 Å². The van der Waals surface area contributed by atoms with Crippen LogP contribution in [-0.4, -0.2) is 17.3 Å². The molecule has 1 aromatic heterocycles. The van der Waals surface area contributed by atoms with Gasteiger partial charge in [-0.2, -0.15) is 0 Å². The number of pyridine rings is 1. The van der Waals surface area contributed by atoms with Crippen LogP contribution in [0.4, 0.5) is 4.39 Å². The Morgan fingerprint density at radius 3 is 2.94 bits per heavy atom. The maximum atomic E-state index is 13.4. The summed E-state index contributed by atoms with van der Waals surface area (Å²) in [7, 11) is 0. The Morgan fingerprint density at radius 2 is 2.18 bits per heavy atom. The van der Waals surface area contributed by atoms with Crippen LogP contribution in [0.2, 0.25) is 5.15 Å². The summed E-state index contributed by atoms with van der Waals surface area (Å²) in [6, 6.07) is 7.35. The number of alkyl halides is 1. The standard InChI is InChI=1S/C13H11ClFNO/c14-12-11-2-1-10(7-9(11)3-6-16-12)17-8-13(15)4-5-13/h1-3,6-7H,4-5,8H2. The molecular formula is C13H11ClFNO. The normalized spacial score (nSPS) is 17.1. The second-order valence-electron chi connectivity index (χ2n) is 4.42. The highest BCUT2D eigenvalue weighted by molar-refractivity contribution is 6.34. The van der Waals surface area contributed by atoms with E-state index in [2.05, 4.69) is 4.98 Å². The molecule has 1 saturated carbocycles. The van der Waals surface area contributed by atoms with Gasteiger partial charge in [-0.1, -0.05) is 11.6 Å². The van der Waals surface area contributed by atoms with Crippen molar-refractivity contribution in [3.63, 3.8) is 0 Å². The minimum atomic E-state index is -1.09. The number of fused-ring (bicyclic) bond motifs is 1. The predicted molar refractivity (Wildman–Crippen MR) is 65.3 cm³/mol. The first-order chi connectivity index (χ1) is 8.16. The van der Waals surface area contributed by atoms with Gasteiger partial charge in [0.05, 0.1) is 0 Å². The first kappa shape index (κ1) is 10.8. The molecule has 0 unspecified atom stereocenters. The second-order valence-corrected chi connectivity index (χ2v) is 4.78. The lowest BCUT2D eigenvalue weighted by Crippen LogP contribution is -2.13. The zero-order valence-corrected chi connectivity index (χ0v) is 9.88. The molecule has 0 radical (unpaired) electrons. The molecule has 0 atom stereocenters. The van der Waals surface area contributed by atoms with Gasteiger partial charge in [0.2, 0.25) is 0 Å². The molecule has 0 N–H and O–H groups in total. The van der Waals surface area contributed by atoms with Gasteiger partial charge in [-0.15, -0.1) is 0 Å². The van der Waals surface area contributed by atoms with Crippen molar-refractivity contribution in [1.82, 2.24) is 4.98 Å². The molecule has 1 heterocycles. The number of rotatable bonds is 3. The van der Waals surface area contributed by atoms with E-state index in [1.807, 2.05) is 18.2 Å². The summed E-state index contributed by atoms with van der Waals surface area (Å²) in [5, 5.41) is 2.30. The van der Waals surface area contributed by atoms with Gasteiger partial charge in [0.25, 0.3) is 0 Å². The lowest BCUT2D eigenvalue weighted by Gasteiger charge is -2.09. The Hall–Kier alpha value is -1.35. The van der Waals surface area contributed by atoms with E-state index in [0.717, 1.165) is 10.8 Å². The Labute approximate surface area is 103 Å². The van der Waals surface area contributed by atoms with Crippen molar-refractivity contribution in [3.8, 4) is 5.75 Å². The molecule has 0 amide bonds. The van der Waals surface area contributed by atoms with Crippen LogP contribution in [0.3, 0.4) is 0 Å². The van der Waals surface area contributed by atoms with E-state index in [0.29, 0.717) is 23.7 Å². The van der Waals surface area contributed by atoms with Crippen LogP contribution in [0.15, 0.2) is 30.5 Å². The van der Waals surface area contributed by atoms with Crippen LogP contribution >= 0.6 is 11.6 Å². The first-order valence-corrected chi connectivity index (χ1v) is 5.90. The van der Waals surface area contributed by atoms with Crippen molar-refractivity contribution < 1.29 is 9.13 Å². The molecule has 1 aromatic carbocycles. The molecule has 88 valence electrons. The molecule has 1 aliphatic carbocycles. The smallest absolute Gasteiger partial charge is 0.145 e. The van der Waals surface area contributed by atoms with Gasteiger partial charge in [0.1, 0.15) is 23.2 Å². The van der Waals surface area contributed by atoms with Gasteiger partial charge in [0.15, 0.2) is 0 Å². The highest BCUT2D eigenvalue weighted by atomic mass is 35.5. The van der Waals surface area contributed by atoms with Crippen molar-refractivity contribution in [1.29, 1.82) is 0 Å². The third-order valence-electron chi connectivity index (χ3n) is 2.98. The minimum absolute atomic E-state index is 0.136. The number of hydrogen-bond acceptors (Lipinski definition) is 2. The number of nitrogens with zero attached hydrogens (tertiary/aromatic N) is 1. The SMILES string of the molecule is FC1(COc2ccc3c(Cl)nccc3c2)CC1. The van der Waals surface area contributed by atoms with E-state index in [4.69, 9.17) is 16.3 Å². The van der Waals surface area contributed by atoms with Crippen LogP contribution in [0, 0.1) is 0 Å². The summed E-state index contributed by atoms with van der Waals surface area (Å²) < 4.78 is 18.9. The Balaban J connectivity index is 1.86. The van der Waals surface area contributed by atoms with Crippen molar-refractivity contribution in [2.24, 2.45) is 0 Å². The maximum Gasteiger partial charge on any atom is 0.145 e. The molecule has 0 aliphatic heterocycles. The molecule has 0 bridgehead atoms. The third kappa shape index (κ3) is 2.20. The van der Waals surface area contributed by atoms with Crippen LogP contribution in [-0.2, 0) is 0 Å². The van der Waals surface area contributed by atoms with Gasteiger partial charge >= 0.3 is 0 Å². The molecule has 17 heavy (non-hydrogen) atoms. The van der Waals surface area contributed by atoms with Crippen molar-refractivity contribution in [3.05, 3.63) is 35.6 Å². The molecule has 3 rings (SSSR count). The summed E-state index contributed by atoms with van der Waals surface area (Å²) in [4.78, 5) is 4.00. The highest BCUT2D eigenvalue weighted by Crippen LogP contribution is 2.40.